The average Bonchev–Trinajstić information content (AvgIpc) is 3.26. The van der Waals surface area contributed by atoms with Crippen LogP contribution >= 0.6 is 0 Å². The van der Waals surface area contributed by atoms with E-state index in [1.165, 1.54) is 4.90 Å². The summed E-state index contributed by atoms with van der Waals surface area (Å²) in [6.07, 6.45) is 0. The largest absolute Gasteiger partial charge is 0.455 e. The first kappa shape index (κ1) is 19.9. The Balaban J connectivity index is 1.52. The van der Waals surface area contributed by atoms with E-state index in [-0.39, 0.29) is 11.5 Å². The number of hydrogen-bond donors (Lipinski definition) is 0. The number of nitrogens with zero attached hydrogens (tertiary/aromatic N) is 1. The van der Waals surface area contributed by atoms with Crippen LogP contribution in [0.4, 0.5) is 5.69 Å². The Labute approximate surface area is 196 Å². The molecule has 2 heterocycles. The maximum Gasteiger partial charge on any atom is 0.265 e. The van der Waals surface area contributed by atoms with Crippen LogP contribution in [-0.4, -0.2) is 11.8 Å². The summed E-state index contributed by atoms with van der Waals surface area (Å²) in [7, 11) is 0. The molecule has 2 amide bonds. The maximum absolute atomic E-state index is 13.4. The monoisotopic (exact) mass is 441 g/mol. The highest BCUT2D eigenvalue weighted by atomic mass is 16.3. The molecule has 1 aliphatic heterocycles. The molecule has 0 N–H and O–H groups in total. The lowest BCUT2D eigenvalue weighted by molar-refractivity contribution is -0.112. The van der Waals surface area contributed by atoms with Gasteiger partial charge in [0.1, 0.15) is 11.2 Å². The molecule has 4 aromatic carbocycles. The van der Waals surface area contributed by atoms with Crippen molar-refractivity contribution in [3.8, 4) is 0 Å². The second kappa shape index (κ2) is 7.42. The standard InChI is InChI=1S/C30H19NO3/c1-18(22-14-9-15-24-23-12-6-7-17-26(23)34-28(22)24)21-13-8-16-25-27(21)19(2)29(32)31(30(25)33)20-10-4-3-5-11-20/h3-17H,1-2H2. The zero-order chi connectivity index (χ0) is 23.4. The molecule has 0 bridgehead atoms. The number of imide groups is 1. The molecule has 1 aliphatic rings. The molecule has 5 aromatic rings. The fourth-order valence-electron chi connectivity index (χ4n) is 4.70. The molecule has 34 heavy (non-hydrogen) atoms. The summed E-state index contributed by atoms with van der Waals surface area (Å²) in [5.41, 5.74) is 5.37. The van der Waals surface area contributed by atoms with E-state index < -0.39 is 5.91 Å². The summed E-state index contributed by atoms with van der Waals surface area (Å²) < 4.78 is 6.19. The summed E-state index contributed by atoms with van der Waals surface area (Å²) in [6, 6.07) is 28.1. The van der Waals surface area contributed by atoms with Crippen molar-refractivity contribution in [2.45, 2.75) is 0 Å². The van der Waals surface area contributed by atoms with Crippen molar-refractivity contribution in [3.05, 3.63) is 126 Å². The normalized spacial score (nSPS) is 13.5. The van der Waals surface area contributed by atoms with Gasteiger partial charge in [-0.15, -0.1) is 0 Å². The van der Waals surface area contributed by atoms with Crippen LogP contribution in [0.1, 0.15) is 27.0 Å². The minimum atomic E-state index is -0.439. The van der Waals surface area contributed by atoms with E-state index in [2.05, 4.69) is 13.2 Å². The summed E-state index contributed by atoms with van der Waals surface area (Å²) in [5, 5.41) is 2.01. The number of amides is 2. The average molecular weight is 441 g/mol. The molecule has 1 aromatic heterocycles. The molecule has 0 unspecified atom stereocenters. The Morgan fingerprint density at radius 2 is 1.38 bits per heavy atom. The second-order valence-corrected chi connectivity index (χ2v) is 8.25. The molecular weight excluding hydrogens is 422 g/mol. The van der Waals surface area contributed by atoms with Crippen LogP contribution in [-0.2, 0) is 4.79 Å². The quantitative estimate of drug-likeness (QED) is 0.227. The third-order valence-corrected chi connectivity index (χ3v) is 6.33. The number of hydrogen-bond acceptors (Lipinski definition) is 3. The number of fused-ring (bicyclic) bond motifs is 4. The first-order chi connectivity index (χ1) is 16.6. The van der Waals surface area contributed by atoms with Gasteiger partial charge in [-0.1, -0.05) is 79.9 Å². The van der Waals surface area contributed by atoms with E-state index in [9.17, 15) is 9.59 Å². The summed E-state index contributed by atoms with van der Waals surface area (Å²) in [5.74, 6) is -0.818. The van der Waals surface area contributed by atoms with Crippen LogP contribution in [0.15, 0.2) is 109 Å². The molecule has 0 radical (unpaired) electrons. The van der Waals surface area contributed by atoms with E-state index in [0.29, 0.717) is 28.0 Å². The van der Waals surface area contributed by atoms with Gasteiger partial charge in [-0.05, 0) is 35.4 Å². The number of para-hydroxylation sites is 3. The Bertz CT molecular complexity index is 1670. The van der Waals surface area contributed by atoms with Gasteiger partial charge in [-0.25, -0.2) is 4.90 Å². The number of carbonyl (C=O) groups is 2. The van der Waals surface area contributed by atoms with E-state index in [1.807, 2.05) is 60.7 Å². The number of anilines is 1. The first-order valence-corrected chi connectivity index (χ1v) is 10.9. The smallest absolute Gasteiger partial charge is 0.265 e. The highest BCUT2D eigenvalue weighted by Crippen LogP contribution is 2.40. The van der Waals surface area contributed by atoms with Gasteiger partial charge in [0.15, 0.2) is 0 Å². The van der Waals surface area contributed by atoms with Crippen LogP contribution in [0, 0.1) is 0 Å². The predicted octanol–water partition coefficient (Wildman–Crippen LogP) is 6.85. The second-order valence-electron chi connectivity index (χ2n) is 8.25. The van der Waals surface area contributed by atoms with Gasteiger partial charge in [0, 0.05) is 33.0 Å². The number of rotatable bonds is 3. The van der Waals surface area contributed by atoms with E-state index in [1.54, 1.807) is 30.3 Å². The topological polar surface area (TPSA) is 50.5 Å². The van der Waals surface area contributed by atoms with Crippen molar-refractivity contribution in [2.24, 2.45) is 0 Å². The lowest BCUT2D eigenvalue weighted by Crippen LogP contribution is -2.42. The first-order valence-electron chi connectivity index (χ1n) is 10.9. The third-order valence-electron chi connectivity index (χ3n) is 6.33. The molecule has 0 atom stereocenters. The van der Waals surface area contributed by atoms with Crippen LogP contribution in [0.2, 0.25) is 0 Å². The van der Waals surface area contributed by atoms with Gasteiger partial charge in [0.2, 0.25) is 0 Å². The van der Waals surface area contributed by atoms with Crippen molar-refractivity contribution < 1.29 is 14.0 Å². The minimum absolute atomic E-state index is 0.256. The SMILES string of the molecule is C=C1C(=O)N(c2ccccc2)C(=O)c2cccc(C(=C)c3cccc4c3oc3ccccc34)c21. The summed E-state index contributed by atoms with van der Waals surface area (Å²) >= 11 is 0. The fourth-order valence-corrected chi connectivity index (χ4v) is 4.70. The number of benzene rings is 4. The predicted molar refractivity (Wildman–Crippen MR) is 136 cm³/mol. The zero-order valence-corrected chi connectivity index (χ0v) is 18.2. The van der Waals surface area contributed by atoms with Crippen LogP contribution < -0.4 is 4.90 Å². The van der Waals surface area contributed by atoms with Gasteiger partial charge in [-0.2, -0.15) is 0 Å². The van der Waals surface area contributed by atoms with Gasteiger partial charge in [0.05, 0.1) is 5.69 Å². The van der Waals surface area contributed by atoms with Crippen LogP contribution in [0.3, 0.4) is 0 Å². The third kappa shape index (κ3) is 2.79. The Hall–Kier alpha value is -4.70. The number of furan rings is 1. The maximum atomic E-state index is 13.4. The van der Waals surface area contributed by atoms with E-state index in [0.717, 1.165) is 27.5 Å². The van der Waals surface area contributed by atoms with Crippen molar-refractivity contribution >= 4 is 50.6 Å². The summed E-state index contributed by atoms with van der Waals surface area (Å²) in [6.45, 7) is 8.42. The Morgan fingerprint density at radius 3 is 2.21 bits per heavy atom. The lowest BCUT2D eigenvalue weighted by Gasteiger charge is -2.30. The molecule has 0 saturated carbocycles. The minimum Gasteiger partial charge on any atom is -0.455 e. The molecule has 4 nitrogen and oxygen atoms in total. The van der Waals surface area contributed by atoms with Crippen LogP contribution in [0.25, 0.3) is 33.1 Å². The lowest BCUT2D eigenvalue weighted by atomic mass is 9.85. The highest BCUT2D eigenvalue weighted by Gasteiger charge is 2.36. The molecular formula is C30H19NO3. The van der Waals surface area contributed by atoms with Gasteiger partial charge < -0.3 is 4.42 Å². The van der Waals surface area contributed by atoms with Crippen molar-refractivity contribution in [1.82, 2.24) is 0 Å². The molecule has 6 rings (SSSR count). The molecule has 0 aliphatic carbocycles. The van der Waals surface area contributed by atoms with Crippen molar-refractivity contribution in [2.75, 3.05) is 4.90 Å². The molecule has 0 fully saturated rings. The molecule has 4 heteroatoms. The Kier molecular flexibility index (Phi) is 4.36. The van der Waals surface area contributed by atoms with Gasteiger partial charge in [0.25, 0.3) is 11.8 Å². The number of carbonyl (C=O) groups excluding carboxylic acids is 2. The van der Waals surface area contributed by atoms with E-state index in [4.69, 9.17) is 4.42 Å². The summed E-state index contributed by atoms with van der Waals surface area (Å²) in [4.78, 5) is 27.9. The fraction of sp³-hybridized carbons (Fsp3) is 0. The van der Waals surface area contributed by atoms with Crippen LogP contribution in [0.5, 0.6) is 0 Å². The van der Waals surface area contributed by atoms with Crippen molar-refractivity contribution in [1.29, 1.82) is 0 Å². The van der Waals surface area contributed by atoms with Gasteiger partial charge >= 0.3 is 0 Å². The van der Waals surface area contributed by atoms with E-state index >= 15 is 0 Å². The molecule has 0 saturated heterocycles. The van der Waals surface area contributed by atoms with Gasteiger partial charge in [-0.3, -0.25) is 9.59 Å². The highest BCUT2D eigenvalue weighted by molar-refractivity contribution is 6.41. The molecule has 162 valence electrons. The zero-order valence-electron chi connectivity index (χ0n) is 18.2. The van der Waals surface area contributed by atoms with Crippen molar-refractivity contribution in [3.63, 3.8) is 0 Å². The Morgan fingerprint density at radius 1 is 0.706 bits per heavy atom. The molecule has 0 spiro atoms.